The van der Waals surface area contributed by atoms with Crippen molar-refractivity contribution in [2.45, 2.75) is 17.9 Å². The van der Waals surface area contributed by atoms with Gasteiger partial charge in [0.2, 0.25) is 0 Å². The standard InChI is InChI=1S/C9H7BrClF3O/c10-7-4-6(12)2-1-5(7)3-8(15)9(11,13)14/h1-2,4,8,15H,3H2. The molecule has 0 bridgehead atoms. The van der Waals surface area contributed by atoms with Crippen LogP contribution in [0.3, 0.4) is 0 Å². The maximum atomic E-state index is 12.7. The van der Waals surface area contributed by atoms with Crippen molar-refractivity contribution >= 4 is 27.5 Å². The normalized spacial score (nSPS) is 14.0. The molecule has 1 rings (SSSR count). The minimum Gasteiger partial charge on any atom is -0.385 e. The molecule has 0 aromatic heterocycles. The summed E-state index contributed by atoms with van der Waals surface area (Å²) < 4.78 is 37.9. The summed E-state index contributed by atoms with van der Waals surface area (Å²) in [5.74, 6) is -0.488. The van der Waals surface area contributed by atoms with Crippen molar-refractivity contribution in [3.63, 3.8) is 0 Å². The van der Waals surface area contributed by atoms with Gasteiger partial charge in [0.05, 0.1) is 0 Å². The Kier molecular flexibility index (Phi) is 4.03. The average molecular weight is 304 g/mol. The Balaban J connectivity index is 2.82. The fourth-order valence-electron chi connectivity index (χ4n) is 1.01. The molecule has 1 nitrogen and oxygen atoms in total. The summed E-state index contributed by atoms with van der Waals surface area (Å²) >= 11 is 7.65. The Morgan fingerprint density at radius 2 is 2.07 bits per heavy atom. The smallest absolute Gasteiger partial charge is 0.347 e. The third-order valence-corrected chi connectivity index (χ3v) is 2.80. The number of alkyl halides is 3. The van der Waals surface area contributed by atoms with E-state index in [-0.39, 0.29) is 6.42 Å². The number of hydrogen-bond donors (Lipinski definition) is 1. The van der Waals surface area contributed by atoms with Crippen LogP contribution in [0.15, 0.2) is 22.7 Å². The Bertz CT molecular complexity index is 354. The van der Waals surface area contributed by atoms with Gasteiger partial charge in [-0.1, -0.05) is 22.0 Å². The van der Waals surface area contributed by atoms with E-state index in [0.717, 1.165) is 12.1 Å². The van der Waals surface area contributed by atoms with E-state index in [9.17, 15) is 13.2 Å². The summed E-state index contributed by atoms with van der Waals surface area (Å²) in [7, 11) is 0. The lowest BCUT2D eigenvalue weighted by molar-refractivity contribution is -0.0398. The molecule has 84 valence electrons. The first-order chi connectivity index (χ1) is 6.80. The molecule has 0 saturated carbocycles. The molecular weight excluding hydrogens is 296 g/mol. The molecule has 0 aliphatic carbocycles. The van der Waals surface area contributed by atoms with Crippen molar-refractivity contribution in [2.75, 3.05) is 0 Å². The number of halogens is 5. The predicted octanol–water partition coefficient (Wildman–Crippen LogP) is 3.32. The van der Waals surface area contributed by atoms with Crippen LogP contribution >= 0.6 is 27.5 Å². The zero-order chi connectivity index (χ0) is 11.6. The fraction of sp³-hybridized carbons (Fsp3) is 0.333. The summed E-state index contributed by atoms with van der Waals surface area (Å²) in [5, 5.41) is 5.35. The van der Waals surface area contributed by atoms with E-state index in [0.29, 0.717) is 10.0 Å². The van der Waals surface area contributed by atoms with E-state index in [4.69, 9.17) is 5.11 Å². The van der Waals surface area contributed by atoms with Crippen LogP contribution in [-0.2, 0) is 6.42 Å². The molecule has 1 unspecified atom stereocenters. The van der Waals surface area contributed by atoms with Gasteiger partial charge < -0.3 is 5.11 Å². The van der Waals surface area contributed by atoms with Gasteiger partial charge >= 0.3 is 5.38 Å². The molecule has 0 fully saturated rings. The highest BCUT2D eigenvalue weighted by Crippen LogP contribution is 2.28. The quantitative estimate of drug-likeness (QED) is 0.849. The largest absolute Gasteiger partial charge is 0.385 e. The summed E-state index contributed by atoms with van der Waals surface area (Å²) in [4.78, 5) is 0. The number of aliphatic hydroxyl groups excluding tert-OH is 1. The van der Waals surface area contributed by atoms with Crippen LogP contribution in [0, 0.1) is 5.82 Å². The molecule has 1 aromatic rings. The maximum Gasteiger partial charge on any atom is 0.347 e. The van der Waals surface area contributed by atoms with Crippen LogP contribution in [0.25, 0.3) is 0 Å². The predicted molar refractivity (Wildman–Crippen MR) is 54.6 cm³/mol. The Hall–Kier alpha value is -0.260. The minimum atomic E-state index is -3.69. The monoisotopic (exact) mass is 302 g/mol. The first kappa shape index (κ1) is 12.8. The van der Waals surface area contributed by atoms with Crippen LogP contribution in [0.4, 0.5) is 13.2 Å². The lowest BCUT2D eigenvalue weighted by Gasteiger charge is -2.16. The SMILES string of the molecule is OC(Cc1ccc(F)cc1Br)C(F)(F)Cl. The van der Waals surface area contributed by atoms with Crippen molar-refractivity contribution in [2.24, 2.45) is 0 Å². The van der Waals surface area contributed by atoms with Gasteiger partial charge in [0.1, 0.15) is 11.9 Å². The third-order valence-electron chi connectivity index (χ3n) is 1.81. The molecule has 0 amide bonds. The summed E-state index contributed by atoms with van der Waals surface area (Å²) in [6.07, 6.45) is -2.35. The average Bonchev–Trinajstić information content (AvgIpc) is 2.08. The molecule has 0 aliphatic rings. The van der Waals surface area contributed by atoms with Crippen LogP contribution in [0.5, 0.6) is 0 Å². The molecule has 15 heavy (non-hydrogen) atoms. The Labute approximate surface area is 98.0 Å². The number of rotatable bonds is 3. The van der Waals surface area contributed by atoms with E-state index in [1.807, 2.05) is 0 Å². The van der Waals surface area contributed by atoms with Gasteiger partial charge in [0.25, 0.3) is 0 Å². The van der Waals surface area contributed by atoms with Crippen molar-refractivity contribution in [3.8, 4) is 0 Å². The number of benzene rings is 1. The van der Waals surface area contributed by atoms with E-state index < -0.39 is 17.3 Å². The molecule has 0 heterocycles. The van der Waals surface area contributed by atoms with E-state index in [2.05, 4.69) is 27.5 Å². The lowest BCUT2D eigenvalue weighted by Crippen LogP contribution is -2.29. The van der Waals surface area contributed by atoms with Gasteiger partial charge in [0.15, 0.2) is 0 Å². The van der Waals surface area contributed by atoms with Crippen LogP contribution in [0.2, 0.25) is 0 Å². The molecule has 0 aliphatic heterocycles. The van der Waals surface area contributed by atoms with Crippen molar-refractivity contribution in [1.82, 2.24) is 0 Å². The van der Waals surface area contributed by atoms with E-state index in [1.54, 1.807) is 0 Å². The molecule has 1 N–H and O–H groups in total. The lowest BCUT2D eigenvalue weighted by atomic mass is 10.1. The summed E-state index contributed by atoms with van der Waals surface area (Å²) in [6.45, 7) is 0. The van der Waals surface area contributed by atoms with Crippen molar-refractivity contribution in [1.29, 1.82) is 0 Å². The zero-order valence-electron chi connectivity index (χ0n) is 7.35. The topological polar surface area (TPSA) is 20.2 Å². The second-order valence-electron chi connectivity index (χ2n) is 3.00. The zero-order valence-corrected chi connectivity index (χ0v) is 9.70. The molecule has 1 atom stereocenters. The van der Waals surface area contributed by atoms with Crippen LogP contribution < -0.4 is 0 Å². The fourth-order valence-corrected chi connectivity index (χ4v) is 1.60. The van der Waals surface area contributed by atoms with Gasteiger partial charge in [-0.25, -0.2) is 4.39 Å². The Morgan fingerprint density at radius 3 is 2.53 bits per heavy atom. The summed E-state index contributed by atoms with van der Waals surface area (Å²) in [6, 6.07) is 3.57. The third kappa shape index (κ3) is 3.66. The van der Waals surface area contributed by atoms with Crippen molar-refractivity contribution in [3.05, 3.63) is 34.1 Å². The highest BCUT2D eigenvalue weighted by molar-refractivity contribution is 9.10. The molecule has 0 radical (unpaired) electrons. The second kappa shape index (κ2) is 4.72. The second-order valence-corrected chi connectivity index (χ2v) is 4.36. The summed E-state index contributed by atoms with van der Waals surface area (Å²) in [5.41, 5.74) is 0.365. The van der Waals surface area contributed by atoms with Crippen LogP contribution in [0.1, 0.15) is 5.56 Å². The van der Waals surface area contributed by atoms with E-state index in [1.165, 1.54) is 6.07 Å². The van der Waals surface area contributed by atoms with Gasteiger partial charge in [0, 0.05) is 10.9 Å². The first-order valence-electron chi connectivity index (χ1n) is 3.99. The van der Waals surface area contributed by atoms with Crippen molar-refractivity contribution < 1.29 is 18.3 Å². The molecule has 6 heteroatoms. The molecule has 0 spiro atoms. The number of aliphatic hydroxyl groups is 1. The van der Waals surface area contributed by atoms with Crippen LogP contribution in [-0.4, -0.2) is 16.6 Å². The Morgan fingerprint density at radius 1 is 1.47 bits per heavy atom. The van der Waals surface area contributed by atoms with Gasteiger partial charge in [-0.2, -0.15) is 8.78 Å². The maximum absolute atomic E-state index is 12.7. The molecular formula is C9H7BrClF3O. The molecule has 1 aromatic carbocycles. The number of hydrogen-bond acceptors (Lipinski definition) is 1. The van der Waals surface area contributed by atoms with Gasteiger partial charge in [-0.05, 0) is 29.3 Å². The highest BCUT2D eigenvalue weighted by atomic mass is 79.9. The van der Waals surface area contributed by atoms with Gasteiger partial charge in [-0.15, -0.1) is 0 Å². The highest BCUT2D eigenvalue weighted by Gasteiger charge is 2.35. The minimum absolute atomic E-state index is 0.322. The molecule has 0 saturated heterocycles. The van der Waals surface area contributed by atoms with E-state index >= 15 is 0 Å². The first-order valence-corrected chi connectivity index (χ1v) is 5.16. The van der Waals surface area contributed by atoms with Gasteiger partial charge in [-0.3, -0.25) is 0 Å².